The Balaban J connectivity index is 1.69. The van der Waals surface area contributed by atoms with E-state index in [4.69, 9.17) is 0 Å². The molecule has 3 heteroatoms. The van der Waals surface area contributed by atoms with Gasteiger partial charge >= 0.3 is 0 Å². The molecule has 0 spiro atoms. The molecular weight excluding hydrogens is 258 g/mol. The van der Waals surface area contributed by atoms with Crippen molar-refractivity contribution in [2.75, 3.05) is 26.7 Å². The summed E-state index contributed by atoms with van der Waals surface area (Å²) in [7, 11) is 2.36. The lowest BCUT2D eigenvalue weighted by Gasteiger charge is -2.43. The highest BCUT2D eigenvalue weighted by molar-refractivity contribution is 4.97. The van der Waals surface area contributed by atoms with Gasteiger partial charge in [0.25, 0.3) is 0 Å². The van der Waals surface area contributed by atoms with Gasteiger partial charge in [0.1, 0.15) is 0 Å². The number of likely N-dealkylation sites (N-methyl/N-ethyl adjacent to an activating group) is 2. The topological polar surface area (TPSA) is 18.5 Å². The first-order valence-corrected chi connectivity index (χ1v) is 9.42. The molecule has 1 N–H and O–H groups in total. The monoisotopic (exact) mass is 293 g/mol. The Hall–Kier alpha value is -0.120. The van der Waals surface area contributed by atoms with Crippen molar-refractivity contribution < 1.29 is 0 Å². The molecule has 2 saturated heterocycles. The third-order valence-electron chi connectivity index (χ3n) is 6.62. The Kier molecular flexibility index (Phi) is 5.23. The van der Waals surface area contributed by atoms with Crippen LogP contribution in [0.25, 0.3) is 0 Å². The molecule has 0 aromatic rings. The predicted molar refractivity (Wildman–Crippen MR) is 89.6 cm³/mol. The van der Waals surface area contributed by atoms with Crippen molar-refractivity contribution in [1.29, 1.82) is 0 Å². The van der Waals surface area contributed by atoms with Gasteiger partial charge in [-0.3, -0.25) is 9.80 Å². The minimum Gasteiger partial charge on any atom is -0.313 e. The summed E-state index contributed by atoms with van der Waals surface area (Å²) in [5.74, 6) is 0.961. The highest BCUT2D eigenvalue weighted by Gasteiger charge is 2.40. The Morgan fingerprint density at radius 3 is 2.57 bits per heavy atom. The Morgan fingerprint density at radius 1 is 1.00 bits per heavy atom. The van der Waals surface area contributed by atoms with Crippen LogP contribution < -0.4 is 5.32 Å². The predicted octanol–water partition coefficient (Wildman–Crippen LogP) is 2.71. The van der Waals surface area contributed by atoms with Gasteiger partial charge in [-0.25, -0.2) is 0 Å². The van der Waals surface area contributed by atoms with Crippen molar-refractivity contribution in [3.05, 3.63) is 0 Å². The first-order chi connectivity index (χ1) is 10.2. The summed E-state index contributed by atoms with van der Waals surface area (Å²) < 4.78 is 0. The summed E-state index contributed by atoms with van der Waals surface area (Å²) in [4.78, 5) is 5.55. The number of hydrogen-bond donors (Lipinski definition) is 1. The summed E-state index contributed by atoms with van der Waals surface area (Å²) in [5.41, 5.74) is 0. The van der Waals surface area contributed by atoms with Gasteiger partial charge in [0.05, 0.1) is 0 Å². The molecule has 3 nitrogen and oxygen atoms in total. The molecule has 5 atom stereocenters. The van der Waals surface area contributed by atoms with Gasteiger partial charge in [-0.15, -0.1) is 0 Å². The third kappa shape index (κ3) is 3.30. The SMILES string of the molecule is CCNC1CCC(CC)CC1N1CCC2CCC(C1)N2C. The second-order valence-corrected chi connectivity index (χ2v) is 7.65. The van der Waals surface area contributed by atoms with Crippen LogP contribution in [-0.2, 0) is 0 Å². The maximum atomic E-state index is 3.80. The van der Waals surface area contributed by atoms with Gasteiger partial charge in [-0.1, -0.05) is 20.3 Å². The van der Waals surface area contributed by atoms with E-state index in [0.717, 1.165) is 36.6 Å². The van der Waals surface area contributed by atoms with Crippen molar-refractivity contribution in [3.63, 3.8) is 0 Å². The molecule has 122 valence electrons. The van der Waals surface area contributed by atoms with Crippen LogP contribution in [0.1, 0.15) is 58.8 Å². The molecule has 3 aliphatic rings. The van der Waals surface area contributed by atoms with E-state index in [1.54, 1.807) is 0 Å². The number of nitrogens with one attached hydrogen (secondary N) is 1. The smallest absolute Gasteiger partial charge is 0.0252 e. The summed E-state index contributed by atoms with van der Waals surface area (Å²) in [6, 6.07) is 3.21. The van der Waals surface area contributed by atoms with Gasteiger partial charge in [-0.05, 0) is 58.0 Å². The van der Waals surface area contributed by atoms with E-state index in [-0.39, 0.29) is 0 Å². The van der Waals surface area contributed by atoms with Gasteiger partial charge < -0.3 is 5.32 Å². The molecule has 0 aromatic heterocycles. The molecule has 3 fully saturated rings. The molecule has 2 heterocycles. The summed E-state index contributed by atoms with van der Waals surface area (Å²) >= 11 is 0. The average Bonchev–Trinajstić information content (AvgIpc) is 2.73. The summed E-state index contributed by atoms with van der Waals surface area (Å²) in [6.45, 7) is 8.41. The lowest BCUT2D eigenvalue weighted by molar-refractivity contribution is 0.0872. The van der Waals surface area contributed by atoms with Gasteiger partial charge in [0.15, 0.2) is 0 Å². The van der Waals surface area contributed by atoms with Crippen molar-refractivity contribution in [2.24, 2.45) is 5.92 Å². The molecule has 0 aromatic carbocycles. The van der Waals surface area contributed by atoms with E-state index in [0.29, 0.717) is 0 Å². The van der Waals surface area contributed by atoms with Crippen LogP contribution in [0.2, 0.25) is 0 Å². The molecule has 2 bridgehead atoms. The van der Waals surface area contributed by atoms with E-state index in [1.165, 1.54) is 58.0 Å². The van der Waals surface area contributed by atoms with E-state index < -0.39 is 0 Å². The summed E-state index contributed by atoms with van der Waals surface area (Å²) in [6.07, 6.45) is 9.87. The molecule has 0 amide bonds. The third-order valence-corrected chi connectivity index (χ3v) is 6.62. The lowest BCUT2D eigenvalue weighted by atomic mass is 9.80. The quantitative estimate of drug-likeness (QED) is 0.860. The van der Waals surface area contributed by atoms with Crippen LogP contribution in [0.4, 0.5) is 0 Å². The molecule has 3 rings (SSSR count). The molecule has 2 aliphatic heterocycles. The first kappa shape index (κ1) is 15.8. The fourth-order valence-corrected chi connectivity index (χ4v) is 5.14. The van der Waals surface area contributed by atoms with Gasteiger partial charge in [-0.2, -0.15) is 0 Å². The zero-order valence-electron chi connectivity index (χ0n) is 14.4. The number of hydrogen-bond acceptors (Lipinski definition) is 3. The Labute approximate surface area is 131 Å². The second-order valence-electron chi connectivity index (χ2n) is 7.65. The summed E-state index contributed by atoms with van der Waals surface area (Å²) in [5, 5.41) is 3.80. The Morgan fingerprint density at radius 2 is 1.81 bits per heavy atom. The minimum atomic E-state index is 0.736. The van der Waals surface area contributed by atoms with E-state index in [1.807, 2.05) is 0 Å². The highest BCUT2D eigenvalue weighted by atomic mass is 15.3. The van der Waals surface area contributed by atoms with Crippen molar-refractivity contribution >= 4 is 0 Å². The second kappa shape index (κ2) is 6.97. The fraction of sp³-hybridized carbons (Fsp3) is 1.00. The van der Waals surface area contributed by atoms with Crippen LogP contribution in [0, 0.1) is 5.92 Å². The van der Waals surface area contributed by atoms with Crippen LogP contribution in [0.3, 0.4) is 0 Å². The molecule has 21 heavy (non-hydrogen) atoms. The van der Waals surface area contributed by atoms with Crippen LogP contribution >= 0.6 is 0 Å². The minimum absolute atomic E-state index is 0.736. The maximum Gasteiger partial charge on any atom is 0.0252 e. The van der Waals surface area contributed by atoms with E-state index >= 15 is 0 Å². The van der Waals surface area contributed by atoms with Crippen LogP contribution in [0.15, 0.2) is 0 Å². The van der Waals surface area contributed by atoms with E-state index in [9.17, 15) is 0 Å². The van der Waals surface area contributed by atoms with Crippen molar-refractivity contribution in [1.82, 2.24) is 15.1 Å². The zero-order valence-corrected chi connectivity index (χ0v) is 14.4. The molecule has 0 radical (unpaired) electrons. The van der Waals surface area contributed by atoms with Crippen molar-refractivity contribution in [3.8, 4) is 0 Å². The lowest BCUT2D eigenvalue weighted by Crippen LogP contribution is -2.55. The molecule has 1 saturated carbocycles. The molecule has 5 unspecified atom stereocenters. The largest absolute Gasteiger partial charge is 0.313 e. The van der Waals surface area contributed by atoms with E-state index in [2.05, 4.69) is 36.0 Å². The maximum absolute atomic E-state index is 3.80. The van der Waals surface area contributed by atoms with Gasteiger partial charge in [0.2, 0.25) is 0 Å². The molecule has 1 aliphatic carbocycles. The highest BCUT2D eigenvalue weighted by Crippen LogP contribution is 2.34. The molecular formula is C18H35N3. The van der Waals surface area contributed by atoms with Crippen LogP contribution in [-0.4, -0.2) is 60.6 Å². The number of likely N-dealkylation sites (tertiary alicyclic amines) is 1. The number of rotatable bonds is 4. The van der Waals surface area contributed by atoms with Gasteiger partial charge in [0, 0.05) is 37.3 Å². The van der Waals surface area contributed by atoms with Crippen molar-refractivity contribution in [2.45, 2.75) is 83.0 Å². The number of nitrogens with zero attached hydrogens (tertiary/aromatic N) is 2. The first-order valence-electron chi connectivity index (χ1n) is 9.42. The Bertz CT molecular complexity index is 332. The average molecular weight is 293 g/mol. The number of fused-ring (bicyclic) bond motifs is 2. The standard InChI is InChI=1S/C18H35N3/c1-4-14-6-9-17(19-5-2)18(12-14)21-11-10-15-7-8-16(13-21)20(15)3/h14-19H,4-13H2,1-3H3. The fourth-order valence-electron chi connectivity index (χ4n) is 5.14. The normalized spacial score (nSPS) is 42.1. The zero-order chi connectivity index (χ0) is 14.8. The van der Waals surface area contributed by atoms with Crippen LogP contribution in [0.5, 0.6) is 0 Å².